The van der Waals surface area contributed by atoms with Gasteiger partial charge in [0.2, 0.25) is 0 Å². The van der Waals surface area contributed by atoms with Gasteiger partial charge in [0.15, 0.2) is 9.84 Å². The average Bonchev–Trinajstić information content (AvgIpc) is 3.02. The minimum atomic E-state index is -3.42. The van der Waals surface area contributed by atoms with E-state index in [4.69, 9.17) is 11.6 Å². The molecule has 0 saturated carbocycles. The van der Waals surface area contributed by atoms with Crippen molar-refractivity contribution >= 4 is 34.0 Å². The minimum Gasteiger partial charge on any atom is -0.284 e. The van der Waals surface area contributed by atoms with E-state index in [-0.39, 0.29) is 5.75 Å². The van der Waals surface area contributed by atoms with Crippen LogP contribution in [0.5, 0.6) is 0 Å². The Balaban J connectivity index is 1.66. The van der Waals surface area contributed by atoms with Gasteiger partial charge in [-0.15, -0.1) is 6.58 Å². The molecule has 0 radical (unpaired) electrons. The summed E-state index contributed by atoms with van der Waals surface area (Å²) in [5.41, 5.74) is 0.484. The highest BCUT2D eigenvalue weighted by Crippen LogP contribution is 2.31. The number of piperidine rings is 1. The van der Waals surface area contributed by atoms with Crippen LogP contribution in [0.2, 0.25) is 5.02 Å². The molecule has 5 nitrogen and oxygen atoms in total. The number of hydrogen-bond donors (Lipinski definition) is 0. The van der Waals surface area contributed by atoms with Gasteiger partial charge in [-0.25, -0.2) is 13.4 Å². The highest BCUT2D eigenvalue weighted by atomic mass is 35.5. The van der Waals surface area contributed by atoms with Crippen LogP contribution in [0.3, 0.4) is 0 Å². The number of benzene rings is 1. The zero-order valence-electron chi connectivity index (χ0n) is 14.9. The summed E-state index contributed by atoms with van der Waals surface area (Å²) >= 11 is 5.96. The van der Waals surface area contributed by atoms with Crippen LogP contribution in [-0.2, 0) is 9.84 Å². The van der Waals surface area contributed by atoms with E-state index in [1.807, 2.05) is 17.0 Å². The molecule has 2 heterocycles. The summed E-state index contributed by atoms with van der Waals surface area (Å²) in [6, 6.07) is 7.93. The zero-order chi connectivity index (χ0) is 18.8. The largest absolute Gasteiger partial charge is 0.284 e. The number of nitrogens with zero attached hydrogens (tertiary/aromatic N) is 3. The van der Waals surface area contributed by atoms with Crippen molar-refractivity contribution in [3.05, 3.63) is 47.5 Å². The summed E-state index contributed by atoms with van der Waals surface area (Å²) < 4.78 is 25.9. The second kappa shape index (κ2) is 7.62. The lowest BCUT2D eigenvalue weighted by Crippen LogP contribution is -2.47. The molecule has 0 N–H and O–H groups in total. The zero-order valence-corrected chi connectivity index (χ0v) is 16.5. The fraction of sp³-hybridized carbons (Fsp3) is 0.474. The lowest BCUT2D eigenvalue weighted by Gasteiger charge is -2.36. The molecule has 7 heteroatoms. The molecule has 2 atom stereocenters. The van der Waals surface area contributed by atoms with Gasteiger partial charge in [-0.1, -0.05) is 29.8 Å². The topological polar surface area (TPSA) is 62.1 Å². The van der Waals surface area contributed by atoms with Crippen molar-refractivity contribution in [1.29, 1.82) is 0 Å². The number of rotatable bonds is 6. The molecule has 2 unspecified atom stereocenters. The first-order valence-electron chi connectivity index (χ1n) is 8.75. The summed E-state index contributed by atoms with van der Waals surface area (Å²) in [5.74, 6) is 0.370. The normalized spacial score (nSPS) is 25.5. The monoisotopic (exact) mass is 393 g/mol. The van der Waals surface area contributed by atoms with Crippen LogP contribution in [0, 0.1) is 0 Å². The third-order valence-electron chi connectivity index (χ3n) is 5.07. The van der Waals surface area contributed by atoms with Crippen LogP contribution in [0.15, 0.2) is 46.9 Å². The maximum Gasteiger partial charge on any atom is 0.172 e. The second-order valence-corrected chi connectivity index (χ2v) is 9.71. The fourth-order valence-electron chi connectivity index (χ4n) is 3.70. The third kappa shape index (κ3) is 4.24. The molecule has 140 valence electrons. The lowest BCUT2D eigenvalue weighted by atomic mass is 9.89. The van der Waals surface area contributed by atoms with Crippen LogP contribution < -0.4 is 0 Å². The van der Waals surface area contributed by atoms with E-state index in [2.05, 4.69) is 28.7 Å². The standard InChI is InChI=1S/C19H24ClN3O2S/c1-3-18(26(24,25)13-19(2)12-21-14-22-19)23-10-8-16(9-11-23)15-4-6-17(20)7-5-15/h3-7,12,14,16,18H,1,8-11,13H2,2H3. The van der Waals surface area contributed by atoms with E-state index >= 15 is 0 Å². The highest BCUT2D eigenvalue weighted by Gasteiger charge is 2.38. The third-order valence-corrected chi connectivity index (χ3v) is 7.53. The van der Waals surface area contributed by atoms with E-state index in [0.717, 1.165) is 31.0 Å². The Bertz CT molecular complexity index is 798. The predicted octanol–water partition coefficient (Wildman–Crippen LogP) is 3.32. The Morgan fingerprint density at radius 2 is 2.00 bits per heavy atom. The van der Waals surface area contributed by atoms with Crippen LogP contribution in [0.1, 0.15) is 31.2 Å². The first kappa shape index (κ1) is 19.3. The Hall–Kier alpha value is -1.50. The lowest BCUT2D eigenvalue weighted by molar-refractivity contribution is 0.212. The van der Waals surface area contributed by atoms with Gasteiger partial charge in [-0.2, -0.15) is 0 Å². The number of sulfone groups is 1. The molecule has 0 amide bonds. The van der Waals surface area contributed by atoms with Gasteiger partial charge < -0.3 is 0 Å². The van der Waals surface area contributed by atoms with Gasteiger partial charge >= 0.3 is 0 Å². The van der Waals surface area contributed by atoms with Gasteiger partial charge in [0.25, 0.3) is 0 Å². The predicted molar refractivity (Wildman–Crippen MR) is 108 cm³/mol. The molecule has 26 heavy (non-hydrogen) atoms. The SMILES string of the molecule is C=CC(N1CCC(c2ccc(Cl)cc2)CC1)S(=O)(=O)CC1(C)C=NC=N1. The number of halogens is 1. The summed E-state index contributed by atoms with van der Waals surface area (Å²) in [4.78, 5) is 10.1. The van der Waals surface area contributed by atoms with Crippen molar-refractivity contribution in [2.24, 2.45) is 9.98 Å². The molecule has 2 aliphatic rings. The van der Waals surface area contributed by atoms with Crippen molar-refractivity contribution in [1.82, 2.24) is 4.90 Å². The minimum absolute atomic E-state index is 0.0617. The smallest absolute Gasteiger partial charge is 0.172 e. The van der Waals surface area contributed by atoms with Crippen molar-refractivity contribution in [2.75, 3.05) is 18.8 Å². The average molecular weight is 394 g/mol. The van der Waals surface area contributed by atoms with E-state index in [0.29, 0.717) is 5.92 Å². The van der Waals surface area contributed by atoms with Crippen LogP contribution in [0.4, 0.5) is 0 Å². The van der Waals surface area contributed by atoms with Gasteiger partial charge in [-0.3, -0.25) is 9.89 Å². The molecule has 1 aromatic carbocycles. The number of hydrogen-bond acceptors (Lipinski definition) is 5. The number of aliphatic imine (C=N–C) groups is 2. The molecular weight excluding hydrogens is 370 g/mol. The molecule has 1 saturated heterocycles. The summed E-state index contributed by atoms with van der Waals surface area (Å²) in [6.45, 7) is 7.00. The summed E-state index contributed by atoms with van der Waals surface area (Å²) in [7, 11) is -3.42. The Morgan fingerprint density at radius 3 is 2.54 bits per heavy atom. The Kier molecular flexibility index (Phi) is 5.65. The van der Waals surface area contributed by atoms with Crippen LogP contribution in [-0.4, -0.2) is 55.6 Å². The van der Waals surface area contributed by atoms with Gasteiger partial charge in [0.1, 0.15) is 17.3 Å². The first-order valence-corrected chi connectivity index (χ1v) is 10.8. The molecule has 0 aliphatic carbocycles. The molecule has 1 aromatic rings. The van der Waals surface area contributed by atoms with E-state index < -0.39 is 20.8 Å². The molecular formula is C19H24ClN3O2S. The fourth-order valence-corrected chi connectivity index (χ4v) is 5.92. The second-order valence-electron chi connectivity index (χ2n) is 7.18. The molecule has 2 aliphatic heterocycles. The Morgan fingerprint density at radius 1 is 1.35 bits per heavy atom. The van der Waals surface area contributed by atoms with E-state index in [9.17, 15) is 8.42 Å². The summed E-state index contributed by atoms with van der Waals surface area (Å²) in [5, 5.41) is 0.0466. The summed E-state index contributed by atoms with van der Waals surface area (Å²) in [6.07, 6.45) is 6.38. The van der Waals surface area contributed by atoms with Crippen molar-refractivity contribution < 1.29 is 8.42 Å². The first-order chi connectivity index (χ1) is 12.3. The maximum atomic E-state index is 12.9. The molecule has 0 aromatic heterocycles. The molecule has 0 bridgehead atoms. The van der Waals surface area contributed by atoms with Crippen LogP contribution in [0.25, 0.3) is 0 Å². The highest BCUT2D eigenvalue weighted by molar-refractivity contribution is 7.92. The van der Waals surface area contributed by atoms with Crippen LogP contribution >= 0.6 is 11.6 Å². The molecule has 0 spiro atoms. The van der Waals surface area contributed by atoms with E-state index in [1.165, 1.54) is 18.0 Å². The van der Waals surface area contributed by atoms with Crippen molar-refractivity contribution in [3.63, 3.8) is 0 Å². The Labute approximate surface area is 160 Å². The molecule has 1 fully saturated rings. The van der Waals surface area contributed by atoms with Gasteiger partial charge in [-0.05, 0) is 43.4 Å². The van der Waals surface area contributed by atoms with Crippen molar-refractivity contribution in [2.45, 2.75) is 36.6 Å². The molecule has 3 rings (SSSR count). The van der Waals surface area contributed by atoms with E-state index in [1.54, 1.807) is 13.1 Å². The van der Waals surface area contributed by atoms with Gasteiger partial charge in [0.05, 0.1) is 5.75 Å². The van der Waals surface area contributed by atoms with Crippen molar-refractivity contribution in [3.8, 4) is 0 Å². The number of likely N-dealkylation sites (tertiary alicyclic amines) is 1. The maximum absolute atomic E-state index is 12.9. The van der Waals surface area contributed by atoms with Gasteiger partial charge in [0, 0.05) is 24.3 Å². The quantitative estimate of drug-likeness (QED) is 0.696.